The standard InChI is InChI=1S/C12H12N4/c1-8-7-12-15-14-9(2)16(12)11-6-4-3-5-10(11)13-8/h3-6H,7H2,1-2H3. The third-order valence-corrected chi connectivity index (χ3v) is 2.74. The maximum absolute atomic E-state index is 4.60. The second-order valence-corrected chi connectivity index (χ2v) is 4.01. The molecule has 0 saturated carbocycles. The zero-order chi connectivity index (χ0) is 11.1. The summed E-state index contributed by atoms with van der Waals surface area (Å²) in [6, 6.07) is 8.09. The van der Waals surface area contributed by atoms with E-state index in [0.717, 1.165) is 35.2 Å². The van der Waals surface area contributed by atoms with Crippen molar-refractivity contribution in [1.82, 2.24) is 14.8 Å². The van der Waals surface area contributed by atoms with Gasteiger partial charge in [0.15, 0.2) is 0 Å². The van der Waals surface area contributed by atoms with Gasteiger partial charge in [-0.3, -0.25) is 9.56 Å². The molecule has 0 saturated heterocycles. The fourth-order valence-electron chi connectivity index (χ4n) is 2.06. The minimum atomic E-state index is 0.759. The van der Waals surface area contributed by atoms with Crippen LogP contribution in [0, 0.1) is 6.92 Å². The molecule has 16 heavy (non-hydrogen) atoms. The highest BCUT2D eigenvalue weighted by molar-refractivity contribution is 5.88. The summed E-state index contributed by atoms with van der Waals surface area (Å²) >= 11 is 0. The fraction of sp³-hybridized carbons (Fsp3) is 0.250. The number of rotatable bonds is 0. The van der Waals surface area contributed by atoms with E-state index >= 15 is 0 Å². The molecule has 0 bridgehead atoms. The Labute approximate surface area is 93.7 Å². The summed E-state index contributed by atoms with van der Waals surface area (Å²) in [7, 11) is 0. The molecule has 0 fully saturated rings. The van der Waals surface area contributed by atoms with Crippen molar-refractivity contribution in [2.45, 2.75) is 20.3 Å². The summed E-state index contributed by atoms with van der Waals surface area (Å²) in [5.41, 5.74) is 3.12. The van der Waals surface area contributed by atoms with Gasteiger partial charge in [-0.05, 0) is 26.0 Å². The maximum atomic E-state index is 4.60. The van der Waals surface area contributed by atoms with Crippen molar-refractivity contribution in [2.75, 3.05) is 0 Å². The second kappa shape index (κ2) is 3.27. The van der Waals surface area contributed by atoms with Gasteiger partial charge in [-0.2, -0.15) is 0 Å². The first-order valence-corrected chi connectivity index (χ1v) is 5.30. The molecular formula is C12H12N4. The number of fused-ring (bicyclic) bond motifs is 3. The first kappa shape index (κ1) is 9.27. The van der Waals surface area contributed by atoms with E-state index < -0.39 is 0 Å². The van der Waals surface area contributed by atoms with Crippen LogP contribution < -0.4 is 0 Å². The molecule has 1 aromatic carbocycles. The van der Waals surface area contributed by atoms with Crippen LogP contribution in [0.4, 0.5) is 5.69 Å². The molecule has 0 atom stereocenters. The molecule has 1 aliphatic rings. The third-order valence-electron chi connectivity index (χ3n) is 2.74. The quantitative estimate of drug-likeness (QED) is 0.672. The van der Waals surface area contributed by atoms with E-state index in [1.165, 1.54) is 0 Å². The van der Waals surface area contributed by atoms with Gasteiger partial charge in [-0.15, -0.1) is 10.2 Å². The third kappa shape index (κ3) is 1.26. The van der Waals surface area contributed by atoms with E-state index in [0.29, 0.717) is 0 Å². The number of hydrogen-bond acceptors (Lipinski definition) is 3. The normalized spacial score (nSPS) is 13.8. The Hall–Kier alpha value is -1.97. The molecule has 1 aromatic heterocycles. The fourth-order valence-corrected chi connectivity index (χ4v) is 2.06. The molecule has 4 nitrogen and oxygen atoms in total. The Bertz CT molecular complexity index is 580. The van der Waals surface area contributed by atoms with Gasteiger partial charge in [0.1, 0.15) is 11.6 Å². The molecule has 2 aromatic rings. The van der Waals surface area contributed by atoms with Crippen molar-refractivity contribution in [2.24, 2.45) is 4.99 Å². The van der Waals surface area contributed by atoms with E-state index in [-0.39, 0.29) is 0 Å². The van der Waals surface area contributed by atoms with Crippen LogP contribution in [0.2, 0.25) is 0 Å². The average Bonchev–Trinajstić information content (AvgIpc) is 2.55. The highest BCUT2D eigenvalue weighted by Crippen LogP contribution is 2.28. The molecule has 0 aliphatic carbocycles. The molecule has 0 spiro atoms. The van der Waals surface area contributed by atoms with Crippen molar-refractivity contribution in [1.29, 1.82) is 0 Å². The smallest absolute Gasteiger partial charge is 0.143 e. The Morgan fingerprint density at radius 1 is 1.12 bits per heavy atom. The van der Waals surface area contributed by atoms with E-state index in [9.17, 15) is 0 Å². The van der Waals surface area contributed by atoms with Gasteiger partial charge >= 0.3 is 0 Å². The Morgan fingerprint density at radius 2 is 1.94 bits per heavy atom. The first-order valence-electron chi connectivity index (χ1n) is 5.30. The van der Waals surface area contributed by atoms with Gasteiger partial charge < -0.3 is 0 Å². The van der Waals surface area contributed by atoms with Crippen LogP contribution in [0.3, 0.4) is 0 Å². The van der Waals surface area contributed by atoms with Gasteiger partial charge in [-0.1, -0.05) is 12.1 Å². The number of aliphatic imine (C=N–C) groups is 1. The predicted octanol–water partition coefficient (Wildman–Crippen LogP) is 2.22. The van der Waals surface area contributed by atoms with Crippen molar-refractivity contribution in [3.8, 4) is 5.69 Å². The lowest BCUT2D eigenvalue weighted by Gasteiger charge is -2.07. The summed E-state index contributed by atoms with van der Waals surface area (Å²) in [5, 5.41) is 8.33. The Morgan fingerprint density at radius 3 is 2.81 bits per heavy atom. The largest absolute Gasteiger partial charge is 0.281 e. The lowest BCUT2D eigenvalue weighted by Crippen LogP contribution is -2.04. The average molecular weight is 212 g/mol. The highest BCUT2D eigenvalue weighted by Gasteiger charge is 2.17. The molecule has 80 valence electrons. The second-order valence-electron chi connectivity index (χ2n) is 4.01. The van der Waals surface area contributed by atoms with Crippen LogP contribution in [0.1, 0.15) is 18.6 Å². The van der Waals surface area contributed by atoms with E-state index in [2.05, 4.69) is 25.8 Å². The van der Waals surface area contributed by atoms with Gasteiger partial charge in [0.2, 0.25) is 0 Å². The molecule has 0 radical (unpaired) electrons. The molecule has 4 heteroatoms. The summed E-state index contributed by atoms with van der Waals surface area (Å²) in [6.07, 6.45) is 0.759. The van der Waals surface area contributed by atoms with Gasteiger partial charge in [0.25, 0.3) is 0 Å². The number of hydrogen-bond donors (Lipinski definition) is 0. The minimum absolute atomic E-state index is 0.759. The Balaban J connectivity index is 2.36. The van der Waals surface area contributed by atoms with Crippen LogP contribution >= 0.6 is 0 Å². The summed E-state index contributed by atoms with van der Waals surface area (Å²) in [5.74, 6) is 1.87. The molecular weight excluding hydrogens is 200 g/mol. The van der Waals surface area contributed by atoms with Crippen LogP contribution in [-0.2, 0) is 6.42 Å². The lowest BCUT2D eigenvalue weighted by atomic mass is 10.2. The topological polar surface area (TPSA) is 43.1 Å². The van der Waals surface area contributed by atoms with Gasteiger partial charge in [0.05, 0.1) is 11.4 Å². The molecule has 0 unspecified atom stereocenters. The van der Waals surface area contributed by atoms with Crippen molar-refractivity contribution in [3.05, 3.63) is 35.9 Å². The minimum Gasteiger partial charge on any atom is -0.281 e. The summed E-state index contributed by atoms with van der Waals surface area (Å²) in [4.78, 5) is 4.60. The van der Waals surface area contributed by atoms with E-state index in [1.807, 2.05) is 32.0 Å². The van der Waals surface area contributed by atoms with Crippen LogP contribution in [0.5, 0.6) is 0 Å². The number of para-hydroxylation sites is 2. The van der Waals surface area contributed by atoms with Gasteiger partial charge in [-0.25, -0.2) is 0 Å². The zero-order valence-corrected chi connectivity index (χ0v) is 9.31. The number of aryl methyl sites for hydroxylation is 1. The van der Waals surface area contributed by atoms with Crippen molar-refractivity contribution < 1.29 is 0 Å². The molecule has 0 N–H and O–H groups in total. The molecule has 3 rings (SSSR count). The Kier molecular flexibility index (Phi) is 1.89. The summed E-state index contributed by atoms with van der Waals surface area (Å²) in [6.45, 7) is 3.99. The first-order chi connectivity index (χ1) is 7.75. The van der Waals surface area contributed by atoms with Crippen LogP contribution in [-0.4, -0.2) is 20.5 Å². The van der Waals surface area contributed by atoms with E-state index in [1.54, 1.807) is 0 Å². The maximum Gasteiger partial charge on any atom is 0.143 e. The zero-order valence-electron chi connectivity index (χ0n) is 9.31. The van der Waals surface area contributed by atoms with Crippen LogP contribution in [0.25, 0.3) is 5.69 Å². The lowest BCUT2D eigenvalue weighted by molar-refractivity contribution is 0.924. The van der Waals surface area contributed by atoms with E-state index in [4.69, 9.17) is 0 Å². The predicted molar refractivity (Wildman–Crippen MR) is 62.6 cm³/mol. The highest BCUT2D eigenvalue weighted by atomic mass is 15.3. The molecule has 0 amide bonds. The van der Waals surface area contributed by atoms with Crippen molar-refractivity contribution in [3.63, 3.8) is 0 Å². The SMILES string of the molecule is CC1=Nc2ccccc2-n2c(C)nnc2C1. The molecule has 2 heterocycles. The number of nitrogens with zero attached hydrogens (tertiary/aromatic N) is 4. The number of benzene rings is 1. The monoisotopic (exact) mass is 212 g/mol. The van der Waals surface area contributed by atoms with Crippen molar-refractivity contribution >= 4 is 11.4 Å². The van der Waals surface area contributed by atoms with Gasteiger partial charge in [0, 0.05) is 12.1 Å². The summed E-state index contributed by atoms with van der Waals surface area (Å²) < 4.78 is 2.08. The number of aromatic nitrogens is 3. The van der Waals surface area contributed by atoms with Crippen LogP contribution in [0.15, 0.2) is 29.3 Å². The molecule has 1 aliphatic heterocycles.